The van der Waals surface area contributed by atoms with E-state index in [0.717, 1.165) is 19.3 Å². The first kappa shape index (κ1) is 13.9. The fourth-order valence-corrected chi connectivity index (χ4v) is 1.74. The van der Waals surface area contributed by atoms with Gasteiger partial charge in [0, 0.05) is 7.11 Å². The quantitative estimate of drug-likeness (QED) is 0.655. The maximum Gasteiger partial charge on any atom is 0.0544 e. The summed E-state index contributed by atoms with van der Waals surface area (Å²) in [6.07, 6.45) is 5.31. The predicted molar refractivity (Wildman–Crippen MR) is 60.4 cm³/mol. The highest BCUT2D eigenvalue weighted by atomic mass is 16.5. The van der Waals surface area contributed by atoms with Crippen molar-refractivity contribution in [3.63, 3.8) is 0 Å². The van der Waals surface area contributed by atoms with Gasteiger partial charge in [0.2, 0.25) is 0 Å². The van der Waals surface area contributed by atoms with E-state index in [4.69, 9.17) is 4.74 Å². The van der Waals surface area contributed by atoms with Crippen molar-refractivity contribution in [3.05, 3.63) is 0 Å². The highest BCUT2D eigenvalue weighted by molar-refractivity contribution is 4.63. The average molecular weight is 202 g/mol. The van der Waals surface area contributed by atoms with Crippen molar-refractivity contribution in [3.8, 4) is 0 Å². The van der Waals surface area contributed by atoms with Gasteiger partial charge in [0.05, 0.1) is 12.2 Å². The molecule has 0 bridgehead atoms. The highest BCUT2D eigenvalue weighted by Crippen LogP contribution is 2.16. The summed E-state index contributed by atoms with van der Waals surface area (Å²) in [4.78, 5) is 0. The largest absolute Gasteiger partial charge is 0.393 e. The number of ether oxygens (including phenoxy) is 1. The zero-order chi connectivity index (χ0) is 11.0. The summed E-state index contributed by atoms with van der Waals surface area (Å²) in [6, 6.07) is 0. The normalized spacial score (nSPS) is 17.8. The van der Waals surface area contributed by atoms with Crippen LogP contribution in [0.4, 0.5) is 0 Å². The molecule has 0 spiro atoms. The van der Waals surface area contributed by atoms with Crippen molar-refractivity contribution in [2.75, 3.05) is 7.11 Å². The van der Waals surface area contributed by atoms with Gasteiger partial charge in [-0.3, -0.25) is 0 Å². The van der Waals surface area contributed by atoms with Crippen LogP contribution in [0.3, 0.4) is 0 Å². The number of aliphatic hydroxyl groups excluding tert-OH is 1. The second kappa shape index (κ2) is 8.25. The fraction of sp³-hybridized carbons (Fsp3) is 1.00. The minimum atomic E-state index is -0.144. The minimum Gasteiger partial charge on any atom is -0.393 e. The number of hydrogen-bond donors (Lipinski definition) is 1. The number of aliphatic hydroxyl groups is 1. The predicted octanol–water partition coefficient (Wildman–Crippen LogP) is 2.99. The molecule has 0 aliphatic carbocycles. The van der Waals surface area contributed by atoms with Gasteiger partial charge in [-0.1, -0.05) is 26.7 Å². The second-order valence-corrected chi connectivity index (χ2v) is 4.41. The molecule has 1 N–H and O–H groups in total. The molecule has 3 atom stereocenters. The monoisotopic (exact) mass is 202 g/mol. The molecule has 0 aromatic carbocycles. The third-order valence-electron chi connectivity index (χ3n) is 2.76. The van der Waals surface area contributed by atoms with Crippen LogP contribution < -0.4 is 0 Å². The van der Waals surface area contributed by atoms with E-state index >= 15 is 0 Å². The molecule has 2 nitrogen and oxygen atoms in total. The van der Waals surface area contributed by atoms with Gasteiger partial charge >= 0.3 is 0 Å². The maximum absolute atomic E-state index is 9.74. The van der Waals surface area contributed by atoms with Crippen LogP contribution in [0.15, 0.2) is 0 Å². The Morgan fingerprint density at radius 2 is 1.79 bits per heavy atom. The van der Waals surface area contributed by atoms with Crippen LogP contribution in [0.2, 0.25) is 0 Å². The van der Waals surface area contributed by atoms with E-state index in [-0.39, 0.29) is 12.2 Å². The first-order valence-electron chi connectivity index (χ1n) is 5.81. The van der Waals surface area contributed by atoms with Crippen LogP contribution in [0.1, 0.15) is 52.9 Å². The van der Waals surface area contributed by atoms with Gasteiger partial charge in [0.25, 0.3) is 0 Å². The molecule has 0 saturated carbocycles. The lowest BCUT2D eigenvalue weighted by Gasteiger charge is -2.17. The van der Waals surface area contributed by atoms with E-state index in [9.17, 15) is 5.11 Å². The van der Waals surface area contributed by atoms with Gasteiger partial charge < -0.3 is 9.84 Å². The summed E-state index contributed by atoms with van der Waals surface area (Å²) in [5.74, 6) is 0.646. The lowest BCUT2D eigenvalue weighted by molar-refractivity contribution is 0.0768. The van der Waals surface area contributed by atoms with Gasteiger partial charge in [0.1, 0.15) is 0 Å². The van der Waals surface area contributed by atoms with Crippen molar-refractivity contribution >= 4 is 0 Å². The van der Waals surface area contributed by atoms with Gasteiger partial charge in [0.15, 0.2) is 0 Å². The average Bonchev–Trinajstić information content (AvgIpc) is 2.14. The summed E-state index contributed by atoms with van der Waals surface area (Å²) in [7, 11) is 1.72. The van der Waals surface area contributed by atoms with Gasteiger partial charge in [-0.25, -0.2) is 0 Å². The molecule has 0 saturated heterocycles. The molecule has 0 radical (unpaired) electrons. The summed E-state index contributed by atoms with van der Waals surface area (Å²) in [5.41, 5.74) is 0. The zero-order valence-corrected chi connectivity index (χ0v) is 10.1. The molecule has 0 rings (SSSR count). The smallest absolute Gasteiger partial charge is 0.0544 e. The minimum absolute atomic E-state index is 0.144. The molecule has 14 heavy (non-hydrogen) atoms. The van der Waals surface area contributed by atoms with E-state index in [1.54, 1.807) is 7.11 Å². The van der Waals surface area contributed by atoms with Crippen LogP contribution in [0.5, 0.6) is 0 Å². The van der Waals surface area contributed by atoms with Crippen LogP contribution >= 0.6 is 0 Å². The second-order valence-electron chi connectivity index (χ2n) is 4.41. The maximum atomic E-state index is 9.74. The van der Waals surface area contributed by atoms with E-state index in [2.05, 4.69) is 13.8 Å². The number of rotatable bonds is 8. The fourth-order valence-electron chi connectivity index (χ4n) is 1.74. The number of methoxy groups -OCH3 is 1. The van der Waals surface area contributed by atoms with Crippen LogP contribution in [-0.4, -0.2) is 24.4 Å². The Labute approximate surface area is 88.7 Å². The first-order chi connectivity index (χ1) is 6.60. The summed E-state index contributed by atoms with van der Waals surface area (Å²) in [6.45, 7) is 6.45. The molecular formula is C12H26O2. The Morgan fingerprint density at radius 3 is 2.29 bits per heavy atom. The Balaban J connectivity index is 3.49. The Morgan fingerprint density at radius 1 is 1.14 bits per heavy atom. The molecule has 0 aliphatic heterocycles. The Bertz CT molecular complexity index is 125. The van der Waals surface area contributed by atoms with Gasteiger partial charge in [-0.2, -0.15) is 0 Å². The molecule has 0 fully saturated rings. The molecule has 2 heteroatoms. The van der Waals surface area contributed by atoms with Gasteiger partial charge in [-0.05, 0) is 32.1 Å². The van der Waals surface area contributed by atoms with Crippen molar-refractivity contribution in [1.82, 2.24) is 0 Å². The summed E-state index contributed by atoms with van der Waals surface area (Å²) >= 11 is 0. The van der Waals surface area contributed by atoms with Crippen LogP contribution in [0.25, 0.3) is 0 Å². The zero-order valence-electron chi connectivity index (χ0n) is 10.1. The molecule has 86 valence electrons. The molecular weight excluding hydrogens is 176 g/mol. The SMILES string of the molecule is CCCC(C)CC(O)CCC(C)OC. The van der Waals surface area contributed by atoms with E-state index in [0.29, 0.717) is 5.92 Å². The standard InChI is InChI=1S/C12H26O2/c1-5-6-10(2)9-12(13)8-7-11(3)14-4/h10-13H,5-9H2,1-4H3. The summed E-state index contributed by atoms with van der Waals surface area (Å²) in [5, 5.41) is 9.74. The summed E-state index contributed by atoms with van der Waals surface area (Å²) < 4.78 is 5.14. The molecule has 0 heterocycles. The molecule has 3 unspecified atom stereocenters. The van der Waals surface area contributed by atoms with E-state index in [1.807, 2.05) is 6.92 Å². The Kier molecular flexibility index (Phi) is 8.20. The third-order valence-corrected chi connectivity index (χ3v) is 2.76. The number of hydrogen-bond acceptors (Lipinski definition) is 2. The van der Waals surface area contributed by atoms with Crippen LogP contribution in [0, 0.1) is 5.92 Å². The first-order valence-corrected chi connectivity index (χ1v) is 5.81. The molecule has 0 amide bonds. The Hall–Kier alpha value is -0.0800. The van der Waals surface area contributed by atoms with Crippen molar-refractivity contribution < 1.29 is 9.84 Å². The molecule has 0 aromatic rings. The lowest BCUT2D eigenvalue weighted by Crippen LogP contribution is -2.15. The molecule has 0 aliphatic rings. The van der Waals surface area contributed by atoms with E-state index < -0.39 is 0 Å². The van der Waals surface area contributed by atoms with Crippen molar-refractivity contribution in [1.29, 1.82) is 0 Å². The topological polar surface area (TPSA) is 29.5 Å². The lowest BCUT2D eigenvalue weighted by atomic mass is 9.96. The highest BCUT2D eigenvalue weighted by Gasteiger charge is 2.11. The van der Waals surface area contributed by atoms with Crippen LogP contribution in [-0.2, 0) is 4.74 Å². The third kappa shape index (κ3) is 7.34. The molecule has 0 aromatic heterocycles. The van der Waals surface area contributed by atoms with E-state index in [1.165, 1.54) is 12.8 Å². The van der Waals surface area contributed by atoms with Crippen molar-refractivity contribution in [2.24, 2.45) is 5.92 Å². The van der Waals surface area contributed by atoms with Gasteiger partial charge in [-0.15, -0.1) is 0 Å². The van der Waals surface area contributed by atoms with Crippen molar-refractivity contribution in [2.45, 2.75) is 65.1 Å².